The number of carbonyl (C=O) groups is 1. The second-order valence-corrected chi connectivity index (χ2v) is 8.85. The Kier molecular flexibility index (Phi) is 6.71. The van der Waals surface area contributed by atoms with E-state index in [9.17, 15) is 18.0 Å². The summed E-state index contributed by atoms with van der Waals surface area (Å²) in [7, 11) is 3.10. The van der Waals surface area contributed by atoms with Gasteiger partial charge in [0.25, 0.3) is 0 Å². The van der Waals surface area contributed by atoms with Crippen molar-refractivity contribution >= 4 is 16.8 Å². The number of halogens is 3. The van der Waals surface area contributed by atoms with Crippen molar-refractivity contribution in [3.05, 3.63) is 65.7 Å². The summed E-state index contributed by atoms with van der Waals surface area (Å²) in [5.41, 5.74) is 1.49. The van der Waals surface area contributed by atoms with E-state index in [4.69, 9.17) is 14.0 Å². The Morgan fingerprint density at radius 1 is 0.944 bits per heavy atom. The zero-order valence-electron chi connectivity index (χ0n) is 20.1. The highest BCUT2D eigenvalue weighted by molar-refractivity contribution is 5.83. The summed E-state index contributed by atoms with van der Waals surface area (Å²) < 4.78 is 55.1. The van der Waals surface area contributed by atoms with E-state index in [-0.39, 0.29) is 30.1 Å². The summed E-state index contributed by atoms with van der Waals surface area (Å²) in [4.78, 5) is 21.6. The SMILES string of the molecule is COc1cc2ncc(-c3ccc(CC(=O)Cc4cc(C(C)(C)C(F)(F)F)on4)cc3)nc2cc1OC. The topological polar surface area (TPSA) is 87.3 Å². The van der Waals surface area contributed by atoms with E-state index < -0.39 is 11.6 Å². The lowest BCUT2D eigenvalue weighted by molar-refractivity contribution is -0.185. The number of ketones is 1. The normalized spacial score (nSPS) is 12.1. The van der Waals surface area contributed by atoms with Crippen molar-refractivity contribution in [2.45, 2.75) is 38.3 Å². The summed E-state index contributed by atoms with van der Waals surface area (Å²) in [6, 6.07) is 12.0. The van der Waals surface area contributed by atoms with E-state index in [0.29, 0.717) is 28.2 Å². The van der Waals surface area contributed by atoms with Gasteiger partial charge in [0.2, 0.25) is 0 Å². The molecule has 10 heteroatoms. The Morgan fingerprint density at radius 2 is 1.58 bits per heavy atom. The monoisotopic (exact) mass is 499 g/mol. The lowest BCUT2D eigenvalue weighted by Crippen LogP contribution is -2.35. The Balaban J connectivity index is 1.45. The molecule has 0 N–H and O–H groups in total. The fraction of sp³-hybridized carbons (Fsp3) is 0.308. The van der Waals surface area contributed by atoms with Crippen LogP contribution in [-0.4, -0.2) is 41.3 Å². The fourth-order valence-electron chi connectivity index (χ4n) is 3.59. The number of Topliss-reactive ketones (excluding diaryl/α,β-unsaturated/α-hetero) is 1. The molecule has 0 aliphatic heterocycles. The van der Waals surface area contributed by atoms with Crippen molar-refractivity contribution < 1.29 is 32.0 Å². The van der Waals surface area contributed by atoms with E-state index in [1.807, 2.05) is 12.1 Å². The van der Waals surface area contributed by atoms with Crippen LogP contribution < -0.4 is 9.47 Å². The third-order valence-corrected chi connectivity index (χ3v) is 5.96. The van der Waals surface area contributed by atoms with Gasteiger partial charge in [-0.15, -0.1) is 0 Å². The smallest absolute Gasteiger partial charge is 0.401 e. The molecule has 0 aliphatic rings. The van der Waals surface area contributed by atoms with Crippen molar-refractivity contribution in [1.29, 1.82) is 0 Å². The minimum atomic E-state index is -4.50. The second kappa shape index (κ2) is 9.60. The molecule has 2 aromatic heterocycles. The molecule has 0 fully saturated rings. The quantitative estimate of drug-likeness (QED) is 0.317. The van der Waals surface area contributed by atoms with Crippen LogP contribution in [0.3, 0.4) is 0 Å². The number of nitrogens with zero attached hydrogens (tertiary/aromatic N) is 3. The van der Waals surface area contributed by atoms with Crippen molar-refractivity contribution in [1.82, 2.24) is 15.1 Å². The first-order valence-electron chi connectivity index (χ1n) is 11.0. The summed E-state index contributed by atoms with van der Waals surface area (Å²) in [5.74, 6) is 0.590. The van der Waals surface area contributed by atoms with Crippen LogP contribution in [0.15, 0.2) is 53.2 Å². The van der Waals surface area contributed by atoms with E-state index in [1.165, 1.54) is 6.07 Å². The second-order valence-electron chi connectivity index (χ2n) is 8.85. The van der Waals surface area contributed by atoms with Crippen LogP contribution in [0, 0.1) is 0 Å². The van der Waals surface area contributed by atoms with Crippen LogP contribution in [0.4, 0.5) is 13.2 Å². The predicted molar refractivity (Wildman–Crippen MR) is 126 cm³/mol. The minimum Gasteiger partial charge on any atom is -0.493 e. The molecule has 0 spiro atoms. The van der Waals surface area contributed by atoms with Gasteiger partial charge in [-0.3, -0.25) is 9.78 Å². The lowest BCUT2D eigenvalue weighted by Gasteiger charge is -2.24. The molecular weight excluding hydrogens is 475 g/mol. The van der Waals surface area contributed by atoms with E-state index in [2.05, 4.69) is 15.1 Å². The maximum atomic E-state index is 13.2. The summed E-state index contributed by atoms with van der Waals surface area (Å²) in [6.45, 7) is 2.02. The molecule has 2 heterocycles. The van der Waals surface area contributed by atoms with Crippen molar-refractivity contribution in [2.24, 2.45) is 0 Å². The molecule has 4 aromatic rings. The molecular formula is C26H24F3N3O4. The van der Waals surface area contributed by atoms with Gasteiger partial charge in [-0.1, -0.05) is 29.4 Å². The predicted octanol–water partition coefficient (Wildman–Crippen LogP) is 5.50. The molecule has 0 atom stereocenters. The van der Waals surface area contributed by atoms with Crippen LogP contribution in [0.25, 0.3) is 22.3 Å². The standard InChI is InChI=1S/C26H24F3N3O4/c1-25(2,26(27,28)29)24-11-17(32-36-24)10-18(33)9-15-5-7-16(8-6-15)21-14-30-19-12-22(34-3)23(35-4)13-20(19)31-21/h5-8,11-14H,9-10H2,1-4H3. The summed E-state index contributed by atoms with van der Waals surface area (Å²) >= 11 is 0. The minimum absolute atomic E-state index is 0.103. The Labute approximate surface area is 205 Å². The molecule has 0 amide bonds. The van der Waals surface area contributed by atoms with Gasteiger partial charge in [0.05, 0.1) is 49.3 Å². The first-order chi connectivity index (χ1) is 17.0. The Morgan fingerprint density at radius 3 is 2.19 bits per heavy atom. The number of benzene rings is 2. The van der Waals surface area contributed by atoms with Crippen molar-refractivity contribution in [2.75, 3.05) is 14.2 Å². The number of carbonyl (C=O) groups excluding carboxylic acids is 1. The molecule has 0 saturated carbocycles. The highest BCUT2D eigenvalue weighted by atomic mass is 19.4. The molecule has 0 radical (unpaired) electrons. The molecule has 36 heavy (non-hydrogen) atoms. The summed E-state index contributed by atoms with van der Waals surface area (Å²) in [5, 5.41) is 3.65. The largest absolute Gasteiger partial charge is 0.493 e. The van der Waals surface area contributed by atoms with Gasteiger partial charge in [-0.05, 0) is 19.4 Å². The fourth-order valence-corrected chi connectivity index (χ4v) is 3.59. The van der Waals surface area contributed by atoms with E-state index in [1.54, 1.807) is 44.7 Å². The zero-order valence-corrected chi connectivity index (χ0v) is 20.1. The first-order valence-corrected chi connectivity index (χ1v) is 11.0. The Bertz CT molecular complexity index is 1400. The first kappa shape index (κ1) is 25.2. The van der Waals surface area contributed by atoms with Crippen LogP contribution in [0.2, 0.25) is 0 Å². The van der Waals surface area contributed by atoms with E-state index in [0.717, 1.165) is 25.0 Å². The maximum absolute atomic E-state index is 13.2. The van der Waals surface area contributed by atoms with Gasteiger partial charge < -0.3 is 14.0 Å². The highest BCUT2D eigenvalue weighted by Gasteiger charge is 2.51. The van der Waals surface area contributed by atoms with Gasteiger partial charge in [-0.2, -0.15) is 13.2 Å². The molecule has 0 aliphatic carbocycles. The van der Waals surface area contributed by atoms with Crippen LogP contribution >= 0.6 is 0 Å². The number of aromatic nitrogens is 3. The van der Waals surface area contributed by atoms with Gasteiger partial charge in [0, 0.05) is 30.2 Å². The average Bonchev–Trinajstić information content (AvgIpc) is 3.31. The van der Waals surface area contributed by atoms with Gasteiger partial charge >= 0.3 is 6.18 Å². The Hall–Kier alpha value is -3.95. The van der Waals surface area contributed by atoms with Crippen molar-refractivity contribution in [3.8, 4) is 22.8 Å². The highest BCUT2D eigenvalue weighted by Crippen LogP contribution is 2.40. The third-order valence-electron chi connectivity index (χ3n) is 5.96. The van der Waals surface area contributed by atoms with Crippen molar-refractivity contribution in [3.63, 3.8) is 0 Å². The molecule has 188 valence electrons. The number of alkyl halides is 3. The van der Waals surface area contributed by atoms with Gasteiger partial charge in [0.1, 0.15) is 11.2 Å². The molecule has 0 saturated heterocycles. The average molecular weight is 499 g/mol. The number of fused-ring (bicyclic) bond motifs is 1. The van der Waals surface area contributed by atoms with Crippen LogP contribution in [-0.2, 0) is 23.1 Å². The number of rotatable bonds is 8. The molecule has 0 bridgehead atoms. The summed E-state index contributed by atoms with van der Waals surface area (Å²) in [6.07, 6.45) is -2.87. The number of hydrogen-bond acceptors (Lipinski definition) is 7. The molecule has 0 unspecified atom stereocenters. The van der Waals surface area contributed by atoms with Crippen LogP contribution in [0.1, 0.15) is 30.9 Å². The lowest BCUT2D eigenvalue weighted by atomic mass is 9.89. The third kappa shape index (κ3) is 5.02. The number of hydrogen-bond donors (Lipinski definition) is 0. The number of ether oxygens (including phenoxy) is 2. The number of methoxy groups -OCH3 is 2. The van der Waals surface area contributed by atoms with E-state index >= 15 is 0 Å². The molecule has 7 nitrogen and oxygen atoms in total. The molecule has 4 rings (SSSR count). The maximum Gasteiger partial charge on any atom is 0.401 e. The van der Waals surface area contributed by atoms with Crippen LogP contribution in [0.5, 0.6) is 11.5 Å². The van der Waals surface area contributed by atoms with Gasteiger partial charge in [0.15, 0.2) is 17.3 Å². The van der Waals surface area contributed by atoms with Gasteiger partial charge in [-0.25, -0.2) is 4.98 Å². The molecule has 2 aromatic carbocycles. The zero-order chi connectivity index (χ0) is 26.1.